The minimum absolute atomic E-state index is 0.0280. The lowest BCUT2D eigenvalue weighted by Crippen LogP contribution is -2.40. The second-order valence-corrected chi connectivity index (χ2v) is 7.85. The molecular formula is C21H18F2N10O3. The van der Waals surface area contributed by atoms with Crippen LogP contribution in [0.4, 0.5) is 14.6 Å². The van der Waals surface area contributed by atoms with Crippen molar-refractivity contribution in [3.63, 3.8) is 0 Å². The second-order valence-electron chi connectivity index (χ2n) is 7.85. The van der Waals surface area contributed by atoms with Crippen LogP contribution in [0.15, 0.2) is 40.7 Å². The molecule has 0 bridgehead atoms. The molecule has 0 saturated heterocycles. The van der Waals surface area contributed by atoms with Gasteiger partial charge >= 0.3 is 11.6 Å². The number of hydrogen-bond acceptors (Lipinski definition) is 9. The summed E-state index contributed by atoms with van der Waals surface area (Å²) in [5.74, 6) is -4.37. The minimum Gasteiger partial charge on any atom is -0.312 e. The van der Waals surface area contributed by atoms with Crippen LogP contribution in [0.2, 0.25) is 0 Å². The highest BCUT2D eigenvalue weighted by Gasteiger charge is 2.28. The quantitative estimate of drug-likeness (QED) is 0.409. The Kier molecular flexibility index (Phi) is 6.10. The van der Waals surface area contributed by atoms with Gasteiger partial charge in [0.2, 0.25) is 5.91 Å². The topological polar surface area (TPSA) is 166 Å². The van der Waals surface area contributed by atoms with Gasteiger partial charge in [0.15, 0.2) is 22.8 Å². The standard InChI is InChI=1S/C21H18F2N10O3/c1-11(33-10-28-16-15(33)18(35)32(5-4-24)20(36)31(16)3)17(34)30-14-9-25-8-13(29-14)12-6-26-19(27-7-12)21(2,22)23/h6-11H,5H2,1-3H3,(H,29,30,34). The first-order valence-corrected chi connectivity index (χ1v) is 10.4. The largest absolute Gasteiger partial charge is 0.333 e. The zero-order valence-electron chi connectivity index (χ0n) is 19.2. The van der Waals surface area contributed by atoms with Gasteiger partial charge in [-0.25, -0.2) is 29.3 Å². The SMILES string of the molecule is CC(C(=O)Nc1cncc(-c2cnc(C(C)(F)F)nc2)n1)n1cnc2c1c(=O)n(CC#N)c(=O)n2C. The van der Waals surface area contributed by atoms with Crippen molar-refractivity contribution in [2.75, 3.05) is 5.32 Å². The second kappa shape index (κ2) is 9.06. The summed E-state index contributed by atoms with van der Waals surface area (Å²) < 4.78 is 29.9. The first-order chi connectivity index (χ1) is 17.0. The number of aryl methyl sites for hydroxylation is 1. The van der Waals surface area contributed by atoms with Gasteiger partial charge < -0.3 is 9.88 Å². The molecule has 0 saturated carbocycles. The third-order valence-corrected chi connectivity index (χ3v) is 5.31. The summed E-state index contributed by atoms with van der Waals surface area (Å²) in [7, 11) is 1.40. The van der Waals surface area contributed by atoms with Crippen molar-refractivity contribution in [2.24, 2.45) is 7.05 Å². The van der Waals surface area contributed by atoms with Crippen molar-refractivity contribution in [2.45, 2.75) is 32.4 Å². The molecule has 0 aliphatic rings. The summed E-state index contributed by atoms with van der Waals surface area (Å²) in [6.07, 6.45) is 6.22. The average Bonchev–Trinajstić information content (AvgIpc) is 3.30. The summed E-state index contributed by atoms with van der Waals surface area (Å²) in [4.78, 5) is 57.8. The number of aromatic nitrogens is 8. The number of carbonyl (C=O) groups excluding carboxylic acids is 1. The number of halogens is 2. The van der Waals surface area contributed by atoms with Crippen LogP contribution in [0.25, 0.3) is 22.4 Å². The van der Waals surface area contributed by atoms with E-state index in [4.69, 9.17) is 5.26 Å². The lowest BCUT2D eigenvalue weighted by molar-refractivity contribution is -0.118. The van der Waals surface area contributed by atoms with E-state index in [1.54, 1.807) is 6.07 Å². The molecule has 4 rings (SSSR count). The Morgan fingerprint density at radius 1 is 1.19 bits per heavy atom. The third-order valence-electron chi connectivity index (χ3n) is 5.31. The van der Waals surface area contributed by atoms with E-state index in [0.29, 0.717) is 12.5 Å². The fourth-order valence-corrected chi connectivity index (χ4v) is 3.40. The summed E-state index contributed by atoms with van der Waals surface area (Å²) >= 11 is 0. The number of fused-ring (bicyclic) bond motifs is 1. The number of anilines is 1. The molecule has 0 aliphatic heterocycles. The summed E-state index contributed by atoms with van der Waals surface area (Å²) in [6, 6.07) is 0.786. The molecule has 0 spiro atoms. The average molecular weight is 496 g/mol. The van der Waals surface area contributed by atoms with Gasteiger partial charge in [0.1, 0.15) is 12.6 Å². The highest BCUT2D eigenvalue weighted by atomic mass is 19.3. The molecule has 1 N–H and O–H groups in total. The van der Waals surface area contributed by atoms with Gasteiger partial charge in [0.25, 0.3) is 5.56 Å². The number of imidazole rings is 1. The molecule has 4 aromatic heterocycles. The molecule has 4 aromatic rings. The minimum atomic E-state index is -3.20. The van der Waals surface area contributed by atoms with Crippen molar-refractivity contribution >= 4 is 22.9 Å². The predicted octanol–water partition coefficient (Wildman–Crippen LogP) is 0.979. The Hall–Kier alpha value is -4.87. The molecule has 0 fully saturated rings. The summed E-state index contributed by atoms with van der Waals surface area (Å²) in [6.45, 7) is 1.72. The Bertz CT molecular complexity index is 1630. The predicted molar refractivity (Wildman–Crippen MR) is 121 cm³/mol. The lowest BCUT2D eigenvalue weighted by atomic mass is 10.2. The Morgan fingerprint density at radius 2 is 1.89 bits per heavy atom. The van der Waals surface area contributed by atoms with Crippen LogP contribution in [-0.4, -0.2) is 44.5 Å². The van der Waals surface area contributed by atoms with Gasteiger partial charge in [-0.2, -0.15) is 14.0 Å². The smallest absolute Gasteiger partial charge is 0.312 e. The van der Waals surface area contributed by atoms with E-state index in [2.05, 4.69) is 30.2 Å². The number of carbonyl (C=O) groups is 1. The highest BCUT2D eigenvalue weighted by molar-refractivity contribution is 5.93. The number of rotatable bonds is 6. The molecule has 184 valence electrons. The zero-order chi connectivity index (χ0) is 26.2. The van der Waals surface area contributed by atoms with Gasteiger partial charge in [-0.05, 0) is 6.92 Å². The van der Waals surface area contributed by atoms with E-state index < -0.39 is 41.5 Å². The summed E-state index contributed by atoms with van der Waals surface area (Å²) in [5.41, 5.74) is -0.896. The molecule has 0 aromatic carbocycles. The van der Waals surface area contributed by atoms with Gasteiger partial charge in [0.05, 0.1) is 30.5 Å². The Labute approximate surface area is 200 Å². The van der Waals surface area contributed by atoms with Gasteiger partial charge in [-0.1, -0.05) is 0 Å². The first kappa shape index (κ1) is 24.3. The number of hydrogen-bond donors (Lipinski definition) is 1. The van der Waals surface area contributed by atoms with E-state index in [-0.39, 0.29) is 22.7 Å². The van der Waals surface area contributed by atoms with E-state index in [1.165, 1.54) is 49.7 Å². The van der Waals surface area contributed by atoms with Crippen molar-refractivity contribution in [1.29, 1.82) is 5.26 Å². The molecule has 1 unspecified atom stereocenters. The van der Waals surface area contributed by atoms with Gasteiger partial charge in [0, 0.05) is 31.9 Å². The van der Waals surface area contributed by atoms with Gasteiger partial charge in [-0.3, -0.25) is 19.1 Å². The fourth-order valence-electron chi connectivity index (χ4n) is 3.40. The van der Waals surface area contributed by atoms with Crippen molar-refractivity contribution in [1.82, 2.24) is 38.6 Å². The van der Waals surface area contributed by atoms with E-state index in [0.717, 1.165) is 9.13 Å². The van der Waals surface area contributed by atoms with Crippen LogP contribution in [0.1, 0.15) is 25.7 Å². The third kappa shape index (κ3) is 4.31. The van der Waals surface area contributed by atoms with Crippen LogP contribution in [0.5, 0.6) is 0 Å². The maximum Gasteiger partial charge on any atom is 0.333 e. The Balaban J connectivity index is 1.62. The van der Waals surface area contributed by atoms with Crippen LogP contribution in [0, 0.1) is 11.3 Å². The number of nitrogens with zero attached hydrogens (tertiary/aromatic N) is 9. The molecule has 36 heavy (non-hydrogen) atoms. The molecule has 0 aliphatic carbocycles. The number of nitriles is 1. The Morgan fingerprint density at radius 3 is 2.53 bits per heavy atom. The molecule has 4 heterocycles. The maximum absolute atomic E-state index is 13.4. The van der Waals surface area contributed by atoms with Gasteiger partial charge in [-0.15, -0.1) is 0 Å². The monoisotopic (exact) mass is 496 g/mol. The van der Waals surface area contributed by atoms with E-state index >= 15 is 0 Å². The molecule has 1 amide bonds. The zero-order valence-corrected chi connectivity index (χ0v) is 19.2. The molecule has 1 atom stereocenters. The van der Waals surface area contributed by atoms with Crippen LogP contribution in [0.3, 0.4) is 0 Å². The normalized spacial score (nSPS) is 12.3. The fraction of sp³-hybridized carbons (Fsp3) is 0.286. The van der Waals surface area contributed by atoms with Crippen LogP contribution < -0.4 is 16.6 Å². The molecule has 13 nitrogen and oxygen atoms in total. The summed E-state index contributed by atoms with van der Waals surface area (Å²) in [5, 5.41) is 11.5. The molecular weight excluding hydrogens is 478 g/mol. The van der Waals surface area contributed by atoms with E-state index in [9.17, 15) is 23.2 Å². The number of nitrogens with one attached hydrogen (secondary N) is 1. The van der Waals surface area contributed by atoms with Crippen molar-refractivity contribution < 1.29 is 13.6 Å². The number of amides is 1. The van der Waals surface area contributed by atoms with E-state index in [1.807, 2.05) is 0 Å². The lowest BCUT2D eigenvalue weighted by Gasteiger charge is -2.15. The van der Waals surface area contributed by atoms with Crippen molar-refractivity contribution in [3.8, 4) is 17.3 Å². The molecule has 15 heteroatoms. The van der Waals surface area contributed by atoms with Crippen molar-refractivity contribution in [3.05, 3.63) is 57.8 Å². The van der Waals surface area contributed by atoms with Crippen LogP contribution in [-0.2, 0) is 24.3 Å². The maximum atomic E-state index is 13.4. The highest BCUT2D eigenvalue weighted by Crippen LogP contribution is 2.24. The number of alkyl halides is 2. The van der Waals surface area contributed by atoms with Crippen LogP contribution >= 0.6 is 0 Å². The first-order valence-electron chi connectivity index (χ1n) is 10.4. The molecule has 0 radical (unpaired) electrons.